The maximum Gasteiger partial charge on any atom is 0.227 e. The Hall–Kier alpha value is -3.19. The largest absolute Gasteiger partial charge is 0.340 e. The lowest BCUT2D eigenvalue weighted by molar-refractivity contribution is -0.136. The van der Waals surface area contributed by atoms with Crippen molar-refractivity contribution in [3.8, 4) is 11.3 Å². The van der Waals surface area contributed by atoms with Crippen LogP contribution in [0.1, 0.15) is 17.8 Å². The highest BCUT2D eigenvalue weighted by Crippen LogP contribution is 2.33. The molecule has 0 aliphatic carbocycles. The first-order valence-corrected chi connectivity index (χ1v) is 10.8. The molecule has 7 heteroatoms. The predicted octanol–water partition coefficient (Wildman–Crippen LogP) is 3.69. The smallest absolute Gasteiger partial charge is 0.227 e. The van der Waals surface area contributed by atoms with Gasteiger partial charge in [-0.05, 0) is 56.3 Å². The molecule has 1 fully saturated rings. The summed E-state index contributed by atoms with van der Waals surface area (Å²) in [5.74, 6) is 1.71. The SMILES string of the molecule is Cc1ccc(Nc2c(-c3ccc(F)cc3)nc3n2CCN(C(=O)[C@H]2CCNC2)C3)cc1. The first-order chi connectivity index (χ1) is 15.1. The molecule has 2 aliphatic rings. The Balaban J connectivity index is 1.49. The number of aryl methyl sites for hydroxylation is 1. The van der Waals surface area contributed by atoms with Crippen molar-refractivity contribution in [3.63, 3.8) is 0 Å². The van der Waals surface area contributed by atoms with Crippen LogP contribution in [0.2, 0.25) is 0 Å². The Morgan fingerprint density at radius 2 is 1.90 bits per heavy atom. The number of carbonyl (C=O) groups is 1. The summed E-state index contributed by atoms with van der Waals surface area (Å²) in [7, 11) is 0. The standard InChI is InChI=1S/C24H26FN5O/c1-16-2-8-20(9-3-16)27-23-22(17-4-6-19(25)7-5-17)28-21-15-29(12-13-30(21)23)24(31)18-10-11-26-14-18/h2-9,18,26-27H,10-15H2,1H3/t18-/m0/s1. The fourth-order valence-electron chi connectivity index (χ4n) is 4.35. The summed E-state index contributed by atoms with van der Waals surface area (Å²) in [6.45, 7) is 5.52. The molecule has 1 amide bonds. The van der Waals surface area contributed by atoms with Crippen LogP contribution >= 0.6 is 0 Å². The number of carbonyl (C=O) groups excluding carboxylic acids is 1. The summed E-state index contributed by atoms with van der Waals surface area (Å²) < 4.78 is 15.7. The zero-order valence-electron chi connectivity index (χ0n) is 17.6. The molecule has 0 saturated carbocycles. The van der Waals surface area contributed by atoms with E-state index in [4.69, 9.17) is 4.98 Å². The quantitative estimate of drug-likeness (QED) is 0.677. The van der Waals surface area contributed by atoms with E-state index in [0.717, 1.165) is 48.1 Å². The van der Waals surface area contributed by atoms with Crippen LogP contribution in [-0.2, 0) is 17.9 Å². The lowest BCUT2D eigenvalue weighted by Crippen LogP contribution is -2.42. The van der Waals surface area contributed by atoms with E-state index < -0.39 is 0 Å². The average molecular weight is 420 g/mol. The Bertz CT molecular complexity index is 1080. The molecule has 1 saturated heterocycles. The third kappa shape index (κ3) is 3.93. The van der Waals surface area contributed by atoms with Gasteiger partial charge in [-0.1, -0.05) is 17.7 Å². The Morgan fingerprint density at radius 1 is 1.13 bits per heavy atom. The van der Waals surface area contributed by atoms with Crippen molar-refractivity contribution in [1.82, 2.24) is 19.8 Å². The second-order valence-electron chi connectivity index (χ2n) is 8.32. The van der Waals surface area contributed by atoms with Crippen LogP contribution in [-0.4, -0.2) is 40.0 Å². The van der Waals surface area contributed by atoms with E-state index in [1.165, 1.54) is 17.7 Å². The molecule has 2 aliphatic heterocycles. The molecule has 1 aromatic heterocycles. The number of hydrogen-bond acceptors (Lipinski definition) is 4. The molecule has 0 radical (unpaired) electrons. The number of rotatable bonds is 4. The van der Waals surface area contributed by atoms with E-state index in [-0.39, 0.29) is 17.6 Å². The van der Waals surface area contributed by atoms with Gasteiger partial charge >= 0.3 is 0 Å². The number of benzene rings is 2. The highest BCUT2D eigenvalue weighted by Gasteiger charge is 2.31. The van der Waals surface area contributed by atoms with Gasteiger partial charge in [-0.25, -0.2) is 9.37 Å². The normalized spacial score (nSPS) is 18.1. The van der Waals surface area contributed by atoms with Crippen molar-refractivity contribution >= 4 is 17.4 Å². The molecule has 1 atom stereocenters. The van der Waals surface area contributed by atoms with Gasteiger partial charge in [-0.15, -0.1) is 0 Å². The second kappa shape index (κ2) is 8.15. The number of nitrogens with one attached hydrogen (secondary N) is 2. The van der Waals surface area contributed by atoms with Crippen LogP contribution in [0.25, 0.3) is 11.3 Å². The highest BCUT2D eigenvalue weighted by molar-refractivity contribution is 5.80. The molecule has 3 heterocycles. The molecular weight excluding hydrogens is 393 g/mol. The number of hydrogen-bond donors (Lipinski definition) is 2. The predicted molar refractivity (Wildman–Crippen MR) is 118 cm³/mol. The molecule has 0 spiro atoms. The molecule has 5 rings (SSSR count). The minimum Gasteiger partial charge on any atom is -0.340 e. The number of nitrogens with zero attached hydrogens (tertiary/aromatic N) is 3. The molecule has 2 aromatic carbocycles. The first kappa shape index (κ1) is 19.8. The summed E-state index contributed by atoms with van der Waals surface area (Å²) in [6, 6.07) is 14.6. The number of amides is 1. The summed E-state index contributed by atoms with van der Waals surface area (Å²) in [4.78, 5) is 19.7. The second-order valence-corrected chi connectivity index (χ2v) is 8.32. The fraction of sp³-hybridized carbons (Fsp3) is 0.333. The topological polar surface area (TPSA) is 62.2 Å². The lowest BCUT2D eigenvalue weighted by atomic mass is 10.1. The van der Waals surface area contributed by atoms with Gasteiger partial charge in [-0.2, -0.15) is 0 Å². The van der Waals surface area contributed by atoms with E-state index in [9.17, 15) is 9.18 Å². The van der Waals surface area contributed by atoms with Gasteiger partial charge in [0.15, 0.2) is 0 Å². The van der Waals surface area contributed by atoms with Crippen molar-refractivity contribution in [2.75, 3.05) is 25.0 Å². The van der Waals surface area contributed by atoms with Crippen molar-refractivity contribution in [2.45, 2.75) is 26.4 Å². The Morgan fingerprint density at radius 3 is 2.61 bits per heavy atom. The van der Waals surface area contributed by atoms with Gasteiger partial charge in [-0.3, -0.25) is 4.79 Å². The van der Waals surface area contributed by atoms with Crippen molar-refractivity contribution in [2.24, 2.45) is 5.92 Å². The molecule has 0 unspecified atom stereocenters. The van der Waals surface area contributed by atoms with E-state index >= 15 is 0 Å². The number of halogens is 1. The maximum absolute atomic E-state index is 13.5. The minimum absolute atomic E-state index is 0.0586. The van der Waals surface area contributed by atoms with E-state index in [1.807, 2.05) is 17.0 Å². The molecule has 2 N–H and O–H groups in total. The molecule has 160 valence electrons. The van der Waals surface area contributed by atoms with Gasteiger partial charge in [0.1, 0.15) is 23.2 Å². The summed E-state index contributed by atoms with van der Waals surface area (Å²) in [5.41, 5.74) is 3.77. The zero-order valence-corrected chi connectivity index (χ0v) is 17.6. The van der Waals surface area contributed by atoms with E-state index in [0.29, 0.717) is 19.6 Å². The summed E-state index contributed by atoms with van der Waals surface area (Å²) in [5, 5.41) is 6.79. The minimum atomic E-state index is -0.275. The van der Waals surface area contributed by atoms with Crippen molar-refractivity contribution in [3.05, 3.63) is 65.7 Å². The van der Waals surface area contributed by atoms with Crippen LogP contribution in [0.5, 0.6) is 0 Å². The van der Waals surface area contributed by atoms with Crippen LogP contribution < -0.4 is 10.6 Å². The fourth-order valence-corrected chi connectivity index (χ4v) is 4.35. The Kier molecular flexibility index (Phi) is 5.19. The summed E-state index contributed by atoms with van der Waals surface area (Å²) in [6.07, 6.45) is 0.894. The van der Waals surface area contributed by atoms with Crippen LogP contribution in [0.3, 0.4) is 0 Å². The highest BCUT2D eigenvalue weighted by atomic mass is 19.1. The average Bonchev–Trinajstić information content (AvgIpc) is 3.44. The number of anilines is 2. The molecular formula is C24H26FN5O. The third-order valence-corrected chi connectivity index (χ3v) is 6.13. The van der Waals surface area contributed by atoms with E-state index in [2.05, 4.69) is 34.3 Å². The summed E-state index contributed by atoms with van der Waals surface area (Å²) >= 11 is 0. The van der Waals surface area contributed by atoms with Crippen LogP contribution in [0, 0.1) is 18.7 Å². The van der Waals surface area contributed by atoms with E-state index in [1.54, 1.807) is 12.1 Å². The maximum atomic E-state index is 13.5. The number of fused-ring (bicyclic) bond motifs is 1. The third-order valence-electron chi connectivity index (χ3n) is 6.13. The van der Waals surface area contributed by atoms with Gasteiger partial charge in [0.05, 0.1) is 12.5 Å². The molecule has 6 nitrogen and oxygen atoms in total. The van der Waals surface area contributed by atoms with Crippen molar-refractivity contribution in [1.29, 1.82) is 0 Å². The molecule has 31 heavy (non-hydrogen) atoms. The molecule has 3 aromatic rings. The monoisotopic (exact) mass is 419 g/mol. The number of imidazole rings is 1. The lowest BCUT2D eigenvalue weighted by Gasteiger charge is -2.30. The van der Waals surface area contributed by atoms with Gasteiger partial charge in [0.25, 0.3) is 0 Å². The van der Waals surface area contributed by atoms with Gasteiger partial charge in [0, 0.05) is 30.9 Å². The van der Waals surface area contributed by atoms with Crippen LogP contribution in [0.4, 0.5) is 15.9 Å². The van der Waals surface area contributed by atoms with Crippen molar-refractivity contribution < 1.29 is 9.18 Å². The zero-order chi connectivity index (χ0) is 21.4. The van der Waals surface area contributed by atoms with Crippen LogP contribution in [0.15, 0.2) is 48.5 Å². The molecule has 0 bridgehead atoms. The Labute approximate surface area is 181 Å². The van der Waals surface area contributed by atoms with Gasteiger partial charge in [0.2, 0.25) is 5.91 Å². The van der Waals surface area contributed by atoms with Gasteiger partial charge < -0.3 is 20.1 Å². The number of aromatic nitrogens is 2. The first-order valence-electron chi connectivity index (χ1n) is 10.8.